The molecule has 0 spiro atoms. The van der Waals surface area contributed by atoms with Gasteiger partial charge in [0.1, 0.15) is 17.2 Å². The first kappa shape index (κ1) is 14.1. The molecule has 1 heterocycles. The molecule has 0 aliphatic rings. The zero-order valence-corrected chi connectivity index (χ0v) is 12.6. The number of oxazole rings is 1. The molecule has 2 aromatic carbocycles. The summed E-state index contributed by atoms with van der Waals surface area (Å²) in [6.45, 7) is 4.31. The van der Waals surface area contributed by atoms with Gasteiger partial charge in [0, 0.05) is 0 Å². The molecule has 22 heavy (non-hydrogen) atoms. The lowest BCUT2D eigenvalue weighted by atomic mass is 10.0. The van der Waals surface area contributed by atoms with Crippen molar-refractivity contribution in [3.8, 4) is 6.07 Å². The second kappa shape index (κ2) is 5.87. The first-order chi connectivity index (χ1) is 10.7. The van der Waals surface area contributed by atoms with Crippen molar-refractivity contribution < 1.29 is 4.42 Å². The lowest BCUT2D eigenvalue weighted by Crippen LogP contribution is -1.87. The molecule has 0 amide bonds. The van der Waals surface area contributed by atoms with Crippen LogP contribution in [0.5, 0.6) is 0 Å². The number of aromatic nitrogens is 1. The number of allylic oxidation sites excluding steroid dienone is 1. The van der Waals surface area contributed by atoms with Crippen LogP contribution in [0, 0.1) is 11.3 Å². The first-order valence-corrected chi connectivity index (χ1v) is 7.25. The molecule has 0 saturated carbocycles. The van der Waals surface area contributed by atoms with Crippen LogP contribution in [0.15, 0.2) is 52.9 Å². The second-order valence-electron chi connectivity index (χ2n) is 5.48. The Kier molecular flexibility index (Phi) is 3.76. The zero-order valence-electron chi connectivity index (χ0n) is 12.6. The van der Waals surface area contributed by atoms with Gasteiger partial charge in [0.25, 0.3) is 0 Å². The molecule has 3 rings (SSSR count). The summed E-state index contributed by atoms with van der Waals surface area (Å²) in [5.41, 5.74) is 4.11. The minimum absolute atomic E-state index is 0.358. The van der Waals surface area contributed by atoms with E-state index in [9.17, 15) is 5.26 Å². The van der Waals surface area contributed by atoms with E-state index in [1.54, 1.807) is 6.08 Å². The fraction of sp³-hybridized carbons (Fsp3) is 0.158. The van der Waals surface area contributed by atoms with Crippen molar-refractivity contribution in [3.63, 3.8) is 0 Å². The Bertz CT molecular complexity index is 831. The van der Waals surface area contributed by atoms with Crippen LogP contribution in [-0.2, 0) is 0 Å². The van der Waals surface area contributed by atoms with Crippen LogP contribution in [-0.4, -0.2) is 4.98 Å². The highest BCUT2D eigenvalue weighted by molar-refractivity contribution is 5.88. The van der Waals surface area contributed by atoms with E-state index in [-0.39, 0.29) is 0 Å². The Morgan fingerprint density at radius 1 is 1.14 bits per heavy atom. The smallest absolute Gasteiger partial charge is 0.238 e. The first-order valence-electron chi connectivity index (χ1n) is 7.25. The molecule has 0 atom stereocenters. The third kappa shape index (κ3) is 2.77. The predicted molar refractivity (Wildman–Crippen MR) is 88.0 cm³/mol. The summed E-state index contributed by atoms with van der Waals surface area (Å²) in [5, 5.41) is 9.39. The molecule has 0 aliphatic heterocycles. The molecular formula is C19H16N2O. The molecule has 0 unspecified atom stereocenters. The van der Waals surface area contributed by atoms with Crippen LogP contribution in [0.3, 0.4) is 0 Å². The Hall–Kier alpha value is -2.86. The summed E-state index contributed by atoms with van der Waals surface area (Å²) in [7, 11) is 0. The molecule has 0 N–H and O–H groups in total. The summed E-state index contributed by atoms with van der Waals surface area (Å²) in [6, 6.07) is 17.9. The maximum absolute atomic E-state index is 9.39. The molecule has 0 aliphatic carbocycles. The number of hydrogen-bond donors (Lipinski definition) is 0. The summed E-state index contributed by atoms with van der Waals surface area (Å²) in [6.07, 6.45) is 1.80. The maximum Gasteiger partial charge on any atom is 0.238 e. The van der Waals surface area contributed by atoms with Crippen molar-refractivity contribution in [2.45, 2.75) is 19.8 Å². The lowest BCUT2D eigenvalue weighted by molar-refractivity contribution is 0.586. The van der Waals surface area contributed by atoms with Crippen LogP contribution in [0.2, 0.25) is 0 Å². The number of benzene rings is 2. The van der Waals surface area contributed by atoms with E-state index in [0.717, 1.165) is 11.1 Å². The summed E-state index contributed by atoms with van der Waals surface area (Å²) < 4.78 is 5.65. The van der Waals surface area contributed by atoms with E-state index in [1.807, 2.05) is 36.4 Å². The van der Waals surface area contributed by atoms with Gasteiger partial charge in [0.2, 0.25) is 5.89 Å². The van der Waals surface area contributed by atoms with E-state index < -0.39 is 0 Å². The Morgan fingerprint density at radius 3 is 2.50 bits per heavy atom. The number of rotatable bonds is 3. The predicted octanol–water partition coefficient (Wildman–Crippen LogP) is 5.02. The summed E-state index contributed by atoms with van der Waals surface area (Å²) in [5.74, 6) is 0.849. The monoisotopic (exact) mass is 288 g/mol. The third-order valence-corrected chi connectivity index (χ3v) is 3.56. The minimum Gasteiger partial charge on any atom is -0.435 e. The van der Waals surface area contributed by atoms with Crippen LogP contribution in [0.4, 0.5) is 0 Å². The minimum atomic E-state index is 0.358. The van der Waals surface area contributed by atoms with Gasteiger partial charge in [-0.25, -0.2) is 4.98 Å². The molecule has 0 fully saturated rings. The van der Waals surface area contributed by atoms with Gasteiger partial charge in [0.05, 0.1) is 0 Å². The average Bonchev–Trinajstić information content (AvgIpc) is 2.96. The van der Waals surface area contributed by atoms with E-state index in [4.69, 9.17) is 4.42 Å². The standard InChI is InChI=1S/C19H16N2O/c1-13(2)15-9-7-14(8-10-15)11-16(12-20)19-21-17-5-3-4-6-18(17)22-19/h3-11,13H,1-2H3. The highest BCUT2D eigenvalue weighted by Crippen LogP contribution is 2.23. The second-order valence-corrected chi connectivity index (χ2v) is 5.48. The normalized spacial score (nSPS) is 11.8. The number of nitrogens with zero attached hydrogens (tertiary/aromatic N) is 2. The van der Waals surface area contributed by atoms with E-state index in [0.29, 0.717) is 23.0 Å². The number of nitriles is 1. The average molecular weight is 288 g/mol. The lowest BCUT2D eigenvalue weighted by Gasteiger charge is -2.04. The molecule has 3 nitrogen and oxygen atoms in total. The number of fused-ring (bicyclic) bond motifs is 1. The molecule has 1 aromatic heterocycles. The Morgan fingerprint density at radius 2 is 1.86 bits per heavy atom. The van der Waals surface area contributed by atoms with Gasteiger partial charge >= 0.3 is 0 Å². The SMILES string of the molecule is CC(C)c1ccc(C=C(C#N)c2nc3ccccc3o2)cc1. The van der Waals surface area contributed by atoms with Crippen molar-refractivity contribution in [1.29, 1.82) is 5.26 Å². The van der Waals surface area contributed by atoms with Crippen molar-refractivity contribution in [3.05, 3.63) is 65.5 Å². The van der Waals surface area contributed by atoms with Crippen molar-refractivity contribution in [2.75, 3.05) is 0 Å². The molecule has 3 aromatic rings. The van der Waals surface area contributed by atoms with Crippen LogP contribution >= 0.6 is 0 Å². The van der Waals surface area contributed by atoms with Gasteiger partial charge in [-0.2, -0.15) is 5.26 Å². The molecule has 3 heteroatoms. The van der Waals surface area contributed by atoms with E-state index >= 15 is 0 Å². The van der Waals surface area contributed by atoms with Gasteiger partial charge in [-0.15, -0.1) is 0 Å². The Balaban J connectivity index is 1.97. The van der Waals surface area contributed by atoms with Crippen LogP contribution in [0.25, 0.3) is 22.7 Å². The van der Waals surface area contributed by atoms with Gasteiger partial charge in [-0.3, -0.25) is 0 Å². The third-order valence-electron chi connectivity index (χ3n) is 3.56. The van der Waals surface area contributed by atoms with Gasteiger partial charge < -0.3 is 4.42 Å². The summed E-state index contributed by atoms with van der Waals surface area (Å²) >= 11 is 0. The van der Waals surface area contributed by atoms with E-state index in [1.165, 1.54) is 5.56 Å². The van der Waals surface area contributed by atoms with Crippen LogP contribution < -0.4 is 0 Å². The van der Waals surface area contributed by atoms with E-state index in [2.05, 4.69) is 37.0 Å². The van der Waals surface area contributed by atoms with Gasteiger partial charge in [-0.1, -0.05) is 50.2 Å². The fourth-order valence-electron chi connectivity index (χ4n) is 2.27. The van der Waals surface area contributed by atoms with Crippen molar-refractivity contribution in [1.82, 2.24) is 4.98 Å². The fourth-order valence-corrected chi connectivity index (χ4v) is 2.27. The molecular weight excluding hydrogens is 272 g/mol. The number of hydrogen-bond acceptors (Lipinski definition) is 3. The Labute approximate surface area is 129 Å². The van der Waals surface area contributed by atoms with Gasteiger partial charge in [-0.05, 0) is 35.3 Å². The molecule has 0 radical (unpaired) electrons. The zero-order chi connectivity index (χ0) is 15.5. The number of para-hydroxylation sites is 2. The largest absolute Gasteiger partial charge is 0.435 e. The van der Waals surface area contributed by atoms with Crippen molar-refractivity contribution in [2.24, 2.45) is 0 Å². The van der Waals surface area contributed by atoms with Gasteiger partial charge in [0.15, 0.2) is 5.58 Å². The summed E-state index contributed by atoms with van der Waals surface area (Å²) in [4.78, 5) is 4.37. The quantitative estimate of drug-likeness (QED) is 0.636. The molecule has 0 saturated heterocycles. The topological polar surface area (TPSA) is 49.8 Å². The highest BCUT2D eigenvalue weighted by atomic mass is 16.3. The molecule has 108 valence electrons. The van der Waals surface area contributed by atoms with Crippen molar-refractivity contribution >= 4 is 22.7 Å². The maximum atomic E-state index is 9.39. The highest BCUT2D eigenvalue weighted by Gasteiger charge is 2.10. The van der Waals surface area contributed by atoms with Crippen LogP contribution in [0.1, 0.15) is 36.8 Å². The molecule has 0 bridgehead atoms.